The van der Waals surface area contributed by atoms with Crippen molar-refractivity contribution in [3.8, 4) is 0 Å². The average molecular weight is 322 g/mol. The number of hydrogen-bond acceptors (Lipinski definition) is 4. The van der Waals surface area contributed by atoms with Crippen LogP contribution < -0.4 is 10.6 Å². The van der Waals surface area contributed by atoms with E-state index in [-0.39, 0.29) is 5.41 Å². The predicted molar refractivity (Wildman–Crippen MR) is 91.2 cm³/mol. The van der Waals surface area contributed by atoms with Crippen LogP contribution in [0.15, 0.2) is 11.3 Å². The van der Waals surface area contributed by atoms with Crippen molar-refractivity contribution in [2.75, 3.05) is 13.7 Å². The molecule has 7 heteroatoms. The third-order valence-corrected chi connectivity index (χ3v) is 5.22. The van der Waals surface area contributed by atoms with Crippen molar-refractivity contribution in [3.05, 3.63) is 12.2 Å². The number of nitrogens with one attached hydrogen (secondary N) is 2. The smallest absolute Gasteiger partial charge is 0.191 e. The Labute approximate surface area is 138 Å². The Bertz CT molecular complexity index is 522. The quantitative estimate of drug-likeness (QED) is 0.587. The van der Waals surface area contributed by atoms with E-state index < -0.39 is 0 Å². The van der Waals surface area contributed by atoms with Crippen molar-refractivity contribution in [3.63, 3.8) is 0 Å². The first-order valence-electron chi connectivity index (χ1n) is 8.52. The molecule has 0 bridgehead atoms. The van der Waals surface area contributed by atoms with Crippen LogP contribution in [0.25, 0.3) is 0 Å². The third kappa shape index (κ3) is 3.49. The first-order chi connectivity index (χ1) is 11.1. The Morgan fingerprint density at radius 2 is 2.17 bits per heavy atom. The first kappa shape index (κ1) is 17.7. The molecule has 0 saturated heterocycles. The molecule has 1 aromatic rings. The zero-order valence-corrected chi connectivity index (χ0v) is 15.0. The monoisotopic (exact) mass is 322 g/mol. The van der Waals surface area contributed by atoms with Crippen molar-refractivity contribution in [2.24, 2.45) is 17.5 Å². The molecule has 0 aromatic carbocycles. The topological polar surface area (TPSA) is 76.4 Å². The fraction of sp³-hybridized carbons (Fsp3) is 0.812. The lowest BCUT2D eigenvalue weighted by molar-refractivity contribution is -0.133. The summed E-state index contributed by atoms with van der Waals surface area (Å²) in [7, 11) is 3.68. The minimum Gasteiger partial charge on any atom is -0.378 e. The SMILES string of the molecule is CCO[C@@H]1C[C@H](NC(=NC)NCc2ncnn2C)C1(CC)CC. The van der Waals surface area contributed by atoms with Gasteiger partial charge in [0.2, 0.25) is 0 Å². The molecular weight excluding hydrogens is 292 g/mol. The first-order valence-corrected chi connectivity index (χ1v) is 8.52. The fourth-order valence-corrected chi connectivity index (χ4v) is 3.59. The zero-order chi connectivity index (χ0) is 16.9. The van der Waals surface area contributed by atoms with Crippen LogP contribution in [0.4, 0.5) is 0 Å². The van der Waals surface area contributed by atoms with Gasteiger partial charge < -0.3 is 15.4 Å². The van der Waals surface area contributed by atoms with Crippen LogP contribution in [0.1, 0.15) is 45.9 Å². The largest absolute Gasteiger partial charge is 0.378 e. The van der Waals surface area contributed by atoms with Gasteiger partial charge in [0.15, 0.2) is 5.96 Å². The summed E-state index contributed by atoms with van der Waals surface area (Å²) in [5, 5.41) is 11.0. The van der Waals surface area contributed by atoms with Crippen molar-refractivity contribution in [1.82, 2.24) is 25.4 Å². The van der Waals surface area contributed by atoms with E-state index in [1.807, 2.05) is 7.05 Å². The average Bonchev–Trinajstić information content (AvgIpc) is 2.96. The lowest BCUT2D eigenvalue weighted by Crippen LogP contribution is -2.65. The molecule has 1 aliphatic rings. The zero-order valence-electron chi connectivity index (χ0n) is 15.0. The van der Waals surface area contributed by atoms with E-state index in [0.29, 0.717) is 18.7 Å². The summed E-state index contributed by atoms with van der Waals surface area (Å²) >= 11 is 0. The van der Waals surface area contributed by atoms with Gasteiger partial charge in [-0.2, -0.15) is 5.10 Å². The molecule has 1 aromatic heterocycles. The van der Waals surface area contributed by atoms with Gasteiger partial charge in [-0.1, -0.05) is 13.8 Å². The van der Waals surface area contributed by atoms with E-state index >= 15 is 0 Å². The maximum Gasteiger partial charge on any atom is 0.191 e. The Kier molecular flexibility index (Phi) is 5.98. The number of guanidine groups is 1. The second kappa shape index (κ2) is 7.77. The summed E-state index contributed by atoms with van der Waals surface area (Å²) in [6, 6.07) is 0.389. The van der Waals surface area contributed by atoms with E-state index in [1.54, 1.807) is 18.1 Å². The third-order valence-electron chi connectivity index (χ3n) is 5.22. The molecule has 1 aliphatic carbocycles. The van der Waals surface area contributed by atoms with Gasteiger partial charge in [0.1, 0.15) is 12.2 Å². The fourth-order valence-electron chi connectivity index (χ4n) is 3.59. The highest BCUT2D eigenvalue weighted by atomic mass is 16.5. The van der Waals surface area contributed by atoms with Gasteiger partial charge in [-0.05, 0) is 26.2 Å². The van der Waals surface area contributed by atoms with Gasteiger partial charge in [-0.3, -0.25) is 9.67 Å². The van der Waals surface area contributed by atoms with Crippen molar-refractivity contribution < 1.29 is 4.74 Å². The molecule has 2 atom stereocenters. The van der Waals surface area contributed by atoms with Crippen molar-refractivity contribution >= 4 is 5.96 Å². The van der Waals surface area contributed by atoms with Crippen LogP contribution in [0.5, 0.6) is 0 Å². The number of rotatable bonds is 7. The maximum absolute atomic E-state index is 5.93. The number of nitrogens with zero attached hydrogens (tertiary/aromatic N) is 4. The van der Waals surface area contributed by atoms with Crippen LogP contribution in [-0.4, -0.2) is 46.5 Å². The van der Waals surface area contributed by atoms with E-state index in [9.17, 15) is 0 Å². The molecule has 130 valence electrons. The van der Waals surface area contributed by atoms with Gasteiger partial charge >= 0.3 is 0 Å². The predicted octanol–water partition coefficient (Wildman–Crippen LogP) is 1.46. The number of aromatic nitrogens is 3. The second-order valence-electron chi connectivity index (χ2n) is 6.04. The van der Waals surface area contributed by atoms with Crippen LogP contribution in [0, 0.1) is 5.41 Å². The van der Waals surface area contributed by atoms with Gasteiger partial charge in [0, 0.05) is 32.2 Å². The number of aliphatic imine (C=N–C) groups is 1. The molecule has 0 amide bonds. The molecule has 0 radical (unpaired) electrons. The Morgan fingerprint density at radius 3 is 2.70 bits per heavy atom. The van der Waals surface area contributed by atoms with Gasteiger partial charge in [-0.25, -0.2) is 4.98 Å². The molecule has 1 fully saturated rings. The van der Waals surface area contributed by atoms with Crippen LogP contribution >= 0.6 is 0 Å². The van der Waals surface area contributed by atoms with Crippen molar-refractivity contribution in [1.29, 1.82) is 0 Å². The molecule has 1 saturated carbocycles. The second-order valence-corrected chi connectivity index (χ2v) is 6.04. The Balaban J connectivity index is 1.95. The van der Waals surface area contributed by atoms with Crippen molar-refractivity contribution in [2.45, 2.75) is 58.7 Å². The molecule has 0 spiro atoms. The number of aryl methyl sites for hydroxylation is 1. The molecule has 7 nitrogen and oxygen atoms in total. The van der Waals surface area contributed by atoms with E-state index in [4.69, 9.17) is 4.74 Å². The molecule has 2 N–H and O–H groups in total. The van der Waals surface area contributed by atoms with E-state index in [0.717, 1.165) is 37.7 Å². The minimum atomic E-state index is 0.193. The highest BCUT2D eigenvalue weighted by molar-refractivity contribution is 5.80. The summed E-state index contributed by atoms with van der Waals surface area (Å²) in [6.45, 7) is 7.94. The molecule has 0 unspecified atom stereocenters. The van der Waals surface area contributed by atoms with Gasteiger partial charge in [-0.15, -0.1) is 0 Å². The normalized spacial score (nSPS) is 23.4. The summed E-state index contributed by atoms with van der Waals surface area (Å²) < 4.78 is 7.69. The summed E-state index contributed by atoms with van der Waals surface area (Å²) in [4.78, 5) is 8.56. The van der Waals surface area contributed by atoms with Crippen LogP contribution in [0.3, 0.4) is 0 Å². The van der Waals surface area contributed by atoms with E-state index in [1.165, 1.54) is 0 Å². The standard InChI is InChI=1S/C16H30N6O/c1-6-16(7-2)12(9-13(16)23-8-3)21-15(17-4)18-10-14-19-11-20-22(14)5/h11-13H,6-10H2,1-5H3,(H2,17,18,21)/t12-,13+/m0/s1. The van der Waals surface area contributed by atoms with Crippen LogP contribution in [0.2, 0.25) is 0 Å². The number of hydrogen-bond donors (Lipinski definition) is 2. The molecular formula is C16H30N6O. The summed E-state index contributed by atoms with van der Waals surface area (Å²) in [5.41, 5.74) is 0.193. The summed E-state index contributed by atoms with van der Waals surface area (Å²) in [5.74, 6) is 1.69. The molecule has 23 heavy (non-hydrogen) atoms. The molecule has 0 aliphatic heterocycles. The lowest BCUT2D eigenvalue weighted by Gasteiger charge is -2.55. The lowest BCUT2D eigenvalue weighted by atomic mass is 9.58. The van der Waals surface area contributed by atoms with Crippen LogP contribution in [-0.2, 0) is 18.3 Å². The highest BCUT2D eigenvalue weighted by Crippen LogP contribution is 2.48. The highest BCUT2D eigenvalue weighted by Gasteiger charge is 2.53. The van der Waals surface area contributed by atoms with Gasteiger partial charge in [0.05, 0.1) is 12.6 Å². The minimum absolute atomic E-state index is 0.193. The summed E-state index contributed by atoms with van der Waals surface area (Å²) in [6.07, 6.45) is 5.14. The van der Waals surface area contributed by atoms with E-state index in [2.05, 4.69) is 46.5 Å². The number of ether oxygens (including phenoxy) is 1. The van der Waals surface area contributed by atoms with Gasteiger partial charge in [0.25, 0.3) is 0 Å². The Hall–Kier alpha value is -1.63. The Morgan fingerprint density at radius 1 is 1.43 bits per heavy atom. The molecule has 2 rings (SSSR count). The maximum atomic E-state index is 5.93. The molecule has 1 heterocycles.